The number of hydrogen-bond acceptors (Lipinski definition) is 5. The van der Waals surface area contributed by atoms with Crippen molar-refractivity contribution < 1.29 is 9.53 Å². The van der Waals surface area contributed by atoms with Crippen molar-refractivity contribution in [2.75, 3.05) is 11.9 Å². The fourth-order valence-electron chi connectivity index (χ4n) is 3.28. The number of carbonyl (C=O) groups excluding carboxylic acids is 1. The Morgan fingerprint density at radius 3 is 2.49 bits per heavy atom. The van der Waals surface area contributed by atoms with Gasteiger partial charge >= 0.3 is 0 Å². The van der Waals surface area contributed by atoms with Crippen molar-refractivity contribution in [2.45, 2.75) is 13.8 Å². The number of anilines is 1. The van der Waals surface area contributed by atoms with E-state index in [0.717, 1.165) is 10.0 Å². The number of fused-ring (bicyclic) bond motifs is 1. The lowest BCUT2D eigenvalue weighted by Crippen LogP contribution is -2.20. The van der Waals surface area contributed by atoms with E-state index in [2.05, 4.69) is 31.3 Å². The first-order valence-corrected chi connectivity index (χ1v) is 12.0. The summed E-state index contributed by atoms with van der Waals surface area (Å²) in [6, 6.07) is 15.8. The number of aromatic nitrogens is 2. The molecule has 0 radical (unpaired) electrons. The van der Waals surface area contributed by atoms with Crippen LogP contribution in [0.25, 0.3) is 10.9 Å². The molecule has 35 heavy (non-hydrogen) atoms. The third kappa shape index (κ3) is 5.90. The van der Waals surface area contributed by atoms with Crippen LogP contribution in [0.15, 0.2) is 69.0 Å². The number of amides is 1. The van der Waals surface area contributed by atoms with Gasteiger partial charge in [0.2, 0.25) is 0 Å². The second-order valence-electron chi connectivity index (χ2n) is 7.70. The Bertz CT molecular complexity index is 1500. The summed E-state index contributed by atoms with van der Waals surface area (Å²) in [5.41, 5.74) is 2.57. The van der Waals surface area contributed by atoms with Crippen LogP contribution in [0.5, 0.6) is 5.75 Å². The van der Waals surface area contributed by atoms with Gasteiger partial charge in [-0.05, 0) is 61.9 Å². The van der Waals surface area contributed by atoms with Crippen LogP contribution in [-0.2, 0) is 4.79 Å². The van der Waals surface area contributed by atoms with Crippen LogP contribution in [0.2, 0.25) is 10.0 Å². The summed E-state index contributed by atoms with van der Waals surface area (Å²) < 4.78 is 7.52. The zero-order valence-corrected chi connectivity index (χ0v) is 21.8. The van der Waals surface area contributed by atoms with Crippen molar-refractivity contribution in [1.82, 2.24) is 9.66 Å². The number of benzene rings is 3. The highest BCUT2D eigenvalue weighted by Crippen LogP contribution is 2.34. The van der Waals surface area contributed by atoms with Crippen LogP contribution in [0.1, 0.15) is 17.0 Å². The molecule has 0 unspecified atom stereocenters. The monoisotopic (exact) mass is 572 g/mol. The molecular formula is C25H19BrCl2N4O3. The van der Waals surface area contributed by atoms with E-state index in [4.69, 9.17) is 27.9 Å². The topological polar surface area (TPSA) is 85.6 Å². The minimum absolute atomic E-state index is 0.176. The molecule has 1 aromatic heterocycles. The predicted molar refractivity (Wildman–Crippen MR) is 143 cm³/mol. The molecule has 4 aromatic rings. The van der Waals surface area contributed by atoms with Gasteiger partial charge in [0.05, 0.1) is 27.2 Å². The molecule has 0 aliphatic rings. The Labute approximate surface area is 219 Å². The maximum atomic E-state index is 12.9. The van der Waals surface area contributed by atoms with E-state index in [1.54, 1.807) is 43.3 Å². The number of ether oxygens (including phenoxy) is 1. The van der Waals surface area contributed by atoms with Crippen molar-refractivity contribution in [1.29, 1.82) is 0 Å². The van der Waals surface area contributed by atoms with Gasteiger partial charge < -0.3 is 10.1 Å². The summed E-state index contributed by atoms with van der Waals surface area (Å²) in [5, 5.41) is 7.85. The second kappa shape index (κ2) is 10.6. The van der Waals surface area contributed by atoms with E-state index >= 15 is 0 Å². The Morgan fingerprint density at radius 1 is 1.11 bits per heavy atom. The standard InChI is InChI=1S/C25H19BrCl2N4O3/c1-14-3-6-18(7-4-14)31-23(33)13-35-24-20(27)9-16(10-21(24)28)12-29-32-15(2)30-22-8-5-17(26)11-19(22)25(32)34/h3-12H,13H2,1-2H3,(H,31,33). The lowest BCUT2D eigenvalue weighted by molar-refractivity contribution is -0.118. The molecule has 0 fully saturated rings. The normalized spacial score (nSPS) is 11.2. The zero-order chi connectivity index (χ0) is 25.1. The van der Waals surface area contributed by atoms with E-state index in [9.17, 15) is 9.59 Å². The molecule has 178 valence electrons. The summed E-state index contributed by atoms with van der Waals surface area (Å²) in [5.74, 6) is 0.254. The van der Waals surface area contributed by atoms with Gasteiger partial charge in [-0.2, -0.15) is 9.78 Å². The van der Waals surface area contributed by atoms with Crippen molar-refractivity contribution in [2.24, 2.45) is 5.10 Å². The number of aryl methyl sites for hydroxylation is 2. The first-order valence-electron chi connectivity index (χ1n) is 10.4. The number of hydrogen-bond donors (Lipinski definition) is 1. The molecule has 10 heteroatoms. The summed E-state index contributed by atoms with van der Waals surface area (Å²) in [7, 11) is 0. The first kappa shape index (κ1) is 24.9. The number of nitrogens with one attached hydrogen (secondary N) is 1. The summed E-state index contributed by atoms with van der Waals surface area (Å²) >= 11 is 16.1. The van der Waals surface area contributed by atoms with E-state index in [1.165, 1.54) is 10.9 Å². The molecule has 0 atom stereocenters. The fraction of sp³-hybridized carbons (Fsp3) is 0.120. The predicted octanol–water partition coefficient (Wildman–Crippen LogP) is 5.98. The smallest absolute Gasteiger partial charge is 0.282 e. The molecule has 4 rings (SSSR count). The molecule has 0 spiro atoms. The first-order chi connectivity index (χ1) is 16.7. The number of nitrogens with zero attached hydrogens (tertiary/aromatic N) is 3. The lowest BCUT2D eigenvalue weighted by Gasteiger charge is -2.11. The lowest BCUT2D eigenvalue weighted by atomic mass is 10.2. The Balaban J connectivity index is 1.50. The molecule has 1 heterocycles. The van der Waals surface area contributed by atoms with Crippen molar-refractivity contribution in [3.63, 3.8) is 0 Å². The molecule has 1 N–H and O–H groups in total. The van der Waals surface area contributed by atoms with Crippen molar-refractivity contribution >= 4 is 67.8 Å². The van der Waals surface area contributed by atoms with Crippen molar-refractivity contribution in [3.05, 3.63) is 96.4 Å². The average Bonchev–Trinajstić information content (AvgIpc) is 2.80. The number of carbonyl (C=O) groups is 1. The van der Waals surface area contributed by atoms with Crippen LogP contribution < -0.4 is 15.6 Å². The maximum Gasteiger partial charge on any atom is 0.282 e. The van der Waals surface area contributed by atoms with Gasteiger partial charge in [-0.15, -0.1) is 0 Å². The average molecular weight is 574 g/mol. The second-order valence-corrected chi connectivity index (χ2v) is 9.43. The van der Waals surface area contributed by atoms with Gasteiger partial charge in [-0.3, -0.25) is 9.59 Å². The molecule has 0 saturated carbocycles. The van der Waals surface area contributed by atoms with Crippen LogP contribution in [0, 0.1) is 13.8 Å². The third-order valence-electron chi connectivity index (χ3n) is 5.00. The Hall–Kier alpha value is -3.20. The van der Waals surface area contributed by atoms with E-state index in [1.807, 2.05) is 25.1 Å². The number of rotatable bonds is 6. The highest BCUT2D eigenvalue weighted by atomic mass is 79.9. The van der Waals surface area contributed by atoms with E-state index in [0.29, 0.717) is 28.0 Å². The third-order valence-corrected chi connectivity index (χ3v) is 6.05. The Kier molecular flexibility index (Phi) is 7.54. The Morgan fingerprint density at radius 2 is 1.80 bits per heavy atom. The summed E-state index contributed by atoms with van der Waals surface area (Å²) in [6.45, 7) is 3.39. The summed E-state index contributed by atoms with van der Waals surface area (Å²) in [4.78, 5) is 29.5. The minimum Gasteiger partial charge on any atom is -0.481 e. The zero-order valence-electron chi connectivity index (χ0n) is 18.7. The van der Waals surface area contributed by atoms with Gasteiger partial charge in [0.25, 0.3) is 11.5 Å². The maximum absolute atomic E-state index is 12.9. The molecule has 0 aliphatic heterocycles. The van der Waals surface area contributed by atoms with E-state index < -0.39 is 0 Å². The van der Waals surface area contributed by atoms with Crippen LogP contribution in [-0.4, -0.2) is 28.4 Å². The molecule has 0 saturated heterocycles. The van der Waals surface area contributed by atoms with Gasteiger partial charge in [-0.25, -0.2) is 4.98 Å². The molecule has 1 amide bonds. The highest BCUT2D eigenvalue weighted by molar-refractivity contribution is 9.10. The van der Waals surface area contributed by atoms with Gasteiger partial charge in [0.1, 0.15) is 5.82 Å². The van der Waals surface area contributed by atoms with Gasteiger partial charge in [0.15, 0.2) is 12.4 Å². The number of halogens is 3. The van der Waals surface area contributed by atoms with E-state index in [-0.39, 0.29) is 33.9 Å². The largest absolute Gasteiger partial charge is 0.481 e. The van der Waals surface area contributed by atoms with Crippen LogP contribution in [0.4, 0.5) is 5.69 Å². The molecule has 7 nitrogen and oxygen atoms in total. The SMILES string of the molecule is Cc1ccc(NC(=O)COc2c(Cl)cc(C=Nn3c(C)nc4ccc(Br)cc4c3=O)cc2Cl)cc1. The van der Waals surface area contributed by atoms with Crippen molar-refractivity contribution in [3.8, 4) is 5.75 Å². The fourth-order valence-corrected chi connectivity index (χ4v) is 4.26. The highest BCUT2D eigenvalue weighted by Gasteiger charge is 2.13. The van der Waals surface area contributed by atoms with Gasteiger partial charge in [0, 0.05) is 10.2 Å². The molecule has 0 aliphatic carbocycles. The van der Waals surface area contributed by atoms with Crippen LogP contribution in [0.3, 0.4) is 0 Å². The molecule has 3 aromatic carbocycles. The minimum atomic E-state index is -0.350. The molecule has 0 bridgehead atoms. The quantitative estimate of drug-likeness (QED) is 0.287. The van der Waals surface area contributed by atoms with Gasteiger partial charge in [-0.1, -0.05) is 56.8 Å². The van der Waals surface area contributed by atoms with Crippen LogP contribution >= 0.6 is 39.1 Å². The summed E-state index contributed by atoms with van der Waals surface area (Å²) in [6.07, 6.45) is 1.45. The molecular weight excluding hydrogens is 555 g/mol.